The quantitative estimate of drug-likeness (QED) is 0.584. The second kappa shape index (κ2) is 6.36. The van der Waals surface area contributed by atoms with Crippen molar-refractivity contribution in [1.82, 2.24) is 10.5 Å². The normalized spacial score (nSPS) is 11.0. The Morgan fingerprint density at radius 3 is 2.88 bits per heavy atom. The summed E-state index contributed by atoms with van der Waals surface area (Å²) >= 11 is 0. The first-order valence-electron chi connectivity index (χ1n) is 7.88. The number of carbonyl (C=O) groups excluding carboxylic acids is 1. The molecule has 0 bridgehead atoms. The number of rotatable bonds is 4. The molecule has 1 amide bonds. The van der Waals surface area contributed by atoms with Gasteiger partial charge in [0.25, 0.3) is 5.91 Å². The van der Waals surface area contributed by atoms with E-state index in [0.29, 0.717) is 22.4 Å². The Morgan fingerprint density at radius 2 is 2.04 bits per heavy atom. The molecule has 0 aliphatic heterocycles. The van der Waals surface area contributed by atoms with Gasteiger partial charge in [0.05, 0.1) is 5.56 Å². The lowest BCUT2D eigenvalue weighted by Gasteiger charge is -2.05. The van der Waals surface area contributed by atoms with Crippen molar-refractivity contribution in [2.75, 3.05) is 5.73 Å². The van der Waals surface area contributed by atoms with Crippen LogP contribution < -0.4 is 11.1 Å². The number of furan rings is 1. The minimum atomic E-state index is -0.465. The van der Waals surface area contributed by atoms with Crippen LogP contribution in [-0.4, -0.2) is 11.1 Å². The number of amides is 1. The van der Waals surface area contributed by atoms with Gasteiger partial charge in [0, 0.05) is 11.9 Å². The summed E-state index contributed by atoms with van der Waals surface area (Å²) < 4.78 is 23.8. The number of para-hydroxylation sites is 1. The predicted molar refractivity (Wildman–Crippen MR) is 93.7 cm³/mol. The molecule has 7 heteroatoms. The number of hydrogen-bond acceptors (Lipinski definition) is 5. The number of nitrogen functional groups attached to an aromatic ring is 1. The minimum absolute atomic E-state index is 0.0953. The van der Waals surface area contributed by atoms with E-state index < -0.39 is 5.91 Å². The third-order valence-electron chi connectivity index (χ3n) is 4.02. The molecule has 0 saturated carbocycles. The lowest BCUT2D eigenvalue weighted by Crippen LogP contribution is -2.23. The number of halogens is 1. The molecule has 26 heavy (non-hydrogen) atoms. The molecule has 0 unspecified atom stereocenters. The summed E-state index contributed by atoms with van der Waals surface area (Å²) in [5.74, 6) is -0.929. The molecular weight excluding hydrogens is 337 g/mol. The van der Waals surface area contributed by atoms with Crippen LogP contribution in [0.3, 0.4) is 0 Å². The number of nitrogens with two attached hydrogens (primary N) is 1. The van der Waals surface area contributed by atoms with Gasteiger partial charge in [-0.1, -0.05) is 35.5 Å². The molecule has 2 aromatic heterocycles. The van der Waals surface area contributed by atoms with Gasteiger partial charge in [-0.3, -0.25) is 4.79 Å². The first-order valence-corrected chi connectivity index (χ1v) is 7.88. The van der Waals surface area contributed by atoms with Gasteiger partial charge in [0.1, 0.15) is 28.9 Å². The largest absolute Gasteiger partial charge is 0.464 e. The molecule has 0 aliphatic rings. The smallest absolute Gasteiger partial charge is 0.259 e. The fourth-order valence-corrected chi connectivity index (χ4v) is 2.78. The number of anilines is 1. The van der Waals surface area contributed by atoms with Crippen molar-refractivity contribution in [1.29, 1.82) is 0 Å². The van der Waals surface area contributed by atoms with E-state index in [9.17, 15) is 9.18 Å². The monoisotopic (exact) mass is 351 g/mol. The van der Waals surface area contributed by atoms with E-state index in [1.54, 1.807) is 12.1 Å². The van der Waals surface area contributed by atoms with E-state index in [4.69, 9.17) is 14.7 Å². The molecular formula is C19H14FN3O3. The Bertz CT molecular complexity index is 1100. The number of fused-ring (bicyclic) bond motifs is 1. The zero-order valence-corrected chi connectivity index (χ0v) is 13.5. The van der Waals surface area contributed by atoms with E-state index in [0.717, 1.165) is 5.39 Å². The highest BCUT2D eigenvalue weighted by Gasteiger charge is 2.24. The molecule has 4 aromatic rings. The van der Waals surface area contributed by atoms with E-state index in [1.807, 2.05) is 24.3 Å². The van der Waals surface area contributed by atoms with Gasteiger partial charge in [-0.05, 0) is 23.8 Å². The molecule has 2 aromatic carbocycles. The molecule has 0 fully saturated rings. The van der Waals surface area contributed by atoms with Crippen LogP contribution in [0, 0.1) is 5.82 Å². The Kier molecular flexibility index (Phi) is 3.89. The molecule has 6 nitrogen and oxygen atoms in total. The molecule has 3 N–H and O–H groups in total. The summed E-state index contributed by atoms with van der Waals surface area (Å²) in [7, 11) is 0. The lowest BCUT2D eigenvalue weighted by molar-refractivity contribution is 0.0952. The van der Waals surface area contributed by atoms with Crippen LogP contribution in [0.1, 0.15) is 15.9 Å². The first-order chi connectivity index (χ1) is 12.6. The van der Waals surface area contributed by atoms with Crippen LogP contribution in [0.25, 0.3) is 22.2 Å². The molecule has 0 spiro atoms. The van der Waals surface area contributed by atoms with Crippen molar-refractivity contribution in [3.05, 3.63) is 71.7 Å². The Balaban J connectivity index is 1.65. The molecule has 0 atom stereocenters. The summed E-state index contributed by atoms with van der Waals surface area (Å²) in [4.78, 5) is 12.6. The van der Waals surface area contributed by atoms with Gasteiger partial charge < -0.3 is 20.0 Å². The van der Waals surface area contributed by atoms with E-state index in [1.165, 1.54) is 18.4 Å². The van der Waals surface area contributed by atoms with Gasteiger partial charge in [-0.25, -0.2) is 4.39 Å². The van der Waals surface area contributed by atoms with Crippen molar-refractivity contribution in [3.8, 4) is 11.3 Å². The second-order valence-electron chi connectivity index (χ2n) is 5.73. The van der Waals surface area contributed by atoms with Crippen molar-refractivity contribution >= 4 is 22.8 Å². The molecule has 0 radical (unpaired) electrons. The van der Waals surface area contributed by atoms with E-state index in [2.05, 4.69) is 10.5 Å². The average Bonchev–Trinajstić information content (AvgIpc) is 3.23. The number of carbonyl (C=O) groups is 1. The SMILES string of the molecule is Nc1onc(-c2coc3ccccc23)c1C(=O)NCc1cccc(F)c1. The fourth-order valence-electron chi connectivity index (χ4n) is 2.78. The van der Waals surface area contributed by atoms with Gasteiger partial charge in [-0.2, -0.15) is 0 Å². The molecule has 4 rings (SSSR count). The van der Waals surface area contributed by atoms with Crippen LogP contribution in [0.5, 0.6) is 0 Å². The fraction of sp³-hybridized carbons (Fsp3) is 0.0526. The summed E-state index contributed by atoms with van der Waals surface area (Å²) in [6.07, 6.45) is 1.51. The maximum atomic E-state index is 13.3. The van der Waals surface area contributed by atoms with Crippen molar-refractivity contribution in [2.45, 2.75) is 6.54 Å². The van der Waals surface area contributed by atoms with Crippen LogP contribution in [0.15, 0.2) is 63.7 Å². The Hall–Kier alpha value is -3.61. The summed E-state index contributed by atoms with van der Waals surface area (Å²) in [5, 5.41) is 7.41. The topological polar surface area (TPSA) is 94.3 Å². The third-order valence-corrected chi connectivity index (χ3v) is 4.02. The number of benzene rings is 2. The van der Waals surface area contributed by atoms with Gasteiger partial charge in [-0.15, -0.1) is 0 Å². The Labute approximate surface area is 147 Å². The number of aromatic nitrogens is 1. The van der Waals surface area contributed by atoms with Crippen LogP contribution in [0.2, 0.25) is 0 Å². The minimum Gasteiger partial charge on any atom is -0.464 e. The van der Waals surface area contributed by atoms with Gasteiger partial charge in [0.15, 0.2) is 0 Å². The second-order valence-corrected chi connectivity index (χ2v) is 5.73. The van der Waals surface area contributed by atoms with Crippen molar-refractivity contribution in [3.63, 3.8) is 0 Å². The highest BCUT2D eigenvalue weighted by atomic mass is 19.1. The van der Waals surface area contributed by atoms with Crippen molar-refractivity contribution < 1.29 is 18.1 Å². The zero-order valence-electron chi connectivity index (χ0n) is 13.5. The van der Waals surface area contributed by atoms with E-state index in [-0.39, 0.29) is 23.8 Å². The molecule has 2 heterocycles. The van der Waals surface area contributed by atoms with Crippen LogP contribution in [0.4, 0.5) is 10.3 Å². The molecule has 130 valence electrons. The maximum Gasteiger partial charge on any atom is 0.259 e. The summed E-state index contributed by atoms with van der Waals surface area (Å²) in [6, 6.07) is 13.3. The van der Waals surface area contributed by atoms with Crippen LogP contribution >= 0.6 is 0 Å². The molecule has 0 saturated heterocycles. The first kappa shape index (κ1) is 15.9. The standard InChI is InChI=1S/C19H14FN3O3/c20-12-5-3-4-11(8-12)9-22-19(24)16-17(23-26-18(16)21)14-10-25-15-7-2-1-6-13(14)15/h1-8,10H,9,21H2,(H,22,24). The highest BCUT2D eigenvalue weighted by molar-refractivity contribution is 6.06. The van der Waals surface area contributed by atoms with Crippen molar-refractivity contribution in [2.24, 2.45) is 0 Å². The average molecular weight is 351 g/mol. The highest BCUT2D eigenvalue weighted by Crippen LogP contribution is 2.34. The maximum absolute atomic E-state index is 13.3. The zero-order chi connectivity index (χ0) is 18.1. The van der Waals surface area contributed by atoms with Gasteiger partial charge >= 0.3 is 0 Å². The number of nitrogens with zero attached hydrogens (tertiary/aromatic N) is 1. The van der Waals surface area contributed by atoms with E-state index >= 15 is 0 Å². The number of nitrogens with one attached hydrogen (secondary N) is 1. The lowest BCUT2D eigenvalue weighted by atomic mass is 10.1. The van der Waals surface area contributed by atoms with Crippen LogP contribution in [-0.2, 0) is 6.54 Å². The third kappa shape index (κ3) is 2.79. The Morgan fingerprint density at radius 1 is 1.19 bits per heavy atom. The summed E-state index contributed by atoms with van der Waals surface area (Å²) in [5.41, 5.74) is 8.12. The predicted octanol–water partition coefficient (Wildman–Crippen LogP) is 3.74. The number of hydrogen-bond donors (Lipinski definition) is 2. The molecule has 0 aliphatic carbocycles. The summed E-state index contributed by atoms with van der Waals surface area (Å²) in [6.45, 7) is 0.146. The van der Waals surface area contributed by atoms with Gasteiger partial charge in [0.2, 0.25) is 5.88 Å².